The van der Waals surface area contributed by atoms with Crippen molar-refractivity contribution in [3.63, 3.8) is 0 Å². The van der Waals surface area contributed by atoms with E-state index in [4.69, 9.17) is 0 Å². The number of carbonyl (C=O) groups excluding carboxylic acids is 3. The van der Waals surface area contributed by atoms with Crippen molar-refractivity contribution in [1.82, 2.24) is 20.2 Å². The van der Waals surface area contributed by atoms with Crippen molar-refractivity contribution in [1.29, 1.82) is 0 Å². The smallest absolute Gasteiger partial charge is 0.270 e. The van der Waals surface area contributed by atoms with Gasteiger partial charge in [-0.05, 0) is 12.1 Å². The molecule has 1 N–H and O–H groups in total. The molecule has 0 bridgehead atoms. The number of aromatic nitrogens is 1. The first-order valence-electron chi connectivity index (χ1n) is 7.49. The monoisotopic (exact) mass is 315 g/mol. The Morgan fingerprint density at radius 1 is 1.04 bits per heavy atom. The number of hydrogen-bond donors (Lipinski definition) is 1. The highest BCUT2D eigenvalue weighted by Crippen LogP contribution is 2.10. The van der Waals surface area contributed by atoms with Crippen LogP contribution in [0.1, 0.15) is 23.2 Å². The van der Waals surface area contributed by atoms with Gasteiger partial charge in [0.25, 0.3) is 11.8 Å². The zero-order chi connectivity index (χ0) is 16.2. The maximum Gasteiger partial charge on any atom is 0.270 e. The van der Waals surface area contributed by atoms with Gasteiger partial charge in [-0.2, -0.15) is 5.10 Å². The molecule has 120 valence electrons. The van der Waals surface area contributed by atoms with Crippen molar-refractivity contribution < 1.29 is 14.4 Å². The lowest BCUT2D eigenvalue weighted by Crippen LogP contribution is -2.52. The molecule has 1 aromatic rings. The van der Waals surface area contributed by atoms with Gasteiger partial charge in [-0.1, -0.05) is 0 Å². The summed E-state index contributed by atoms with van der Waals surface area (Å²) in [5.74, 6) is -0.417. The topological polar surface area (TPSA) is 95.0 Å². The van der Waals surface area contributed by atoms with Crippen LogP contribution in [-0.2, 0) is 9.59 Å². The minimum absolute atomic E-state index is 0.0764. The van der Waals surface area contributed by atoms with Crippen molar-refractivity contribution in [3.8, 4) is 0 Å². The molecule has 2 aliphatic heterocycles. The molecule has 2 aliphatic rings. The second-order valence-corrected chi connectivity index (χ2v) is 5.42. The van der Waals surface area contributed by atoms with E-state index in [1.165, 1.54) is 0 Å². The molecule has 0 spiro atoms. The van der Waals surface area contributed by atoms with Gasteiger partial charge in [0.05, 0.1) is 5.56 Å². The zero-order valence-electron chi connectivity index (χ0n) is 12.6. The molecule has 0 aromatic carbocycles. The lowest BCUT2D eigenvalue weighted by atomic mass is 10.1. The van der Waals surface area contributed by atoms with Crippen LogP contribution in [0.3, 0.4) is 0 Å². The Morgan fingerprint density at radius 2 is 1.74 bits per heavy atom. The van der Waals surface area contributed by atoms with Gasteiger partial charge in [0.15, 0.2) is 0 Å². The van der Waals surface area contributed by atoms with Crippen LogP contribution in [-0.4, -0.2) is 64.4 Å². The summed E-state index contributed by atoms with van der Waals surface area (Å²) in [6, 6.07) is 3.45. The van der Waals surface area contributed by atoms with Crippen molar-refractivity contribution in [2.24, 2.45) is 5.10 Å². The van der Waals surface area contributed by atoms with Crippen LogP contribution in [0, 0.1) is 0 Å². The van der Waals surface area contributed by atoms with E-state index in [1.54, 1.807) is 34.3 Å². The molecule has 0 radical (unpaired) electrons. The van der Waals surface area contributed by atoms with E-state index in [9.17, 15) is 14.4 Å². The number of hydrazone groups is 1. The van der Waals surface area contributed by atoms with Crippen LogP contribution < -0.4 is 5.43 Å². The summed E-state index contributed by atoms with van der Waals surface area (Å²) >= 11 is 0. The molecule has 8 nitrogen and oxygen atoms in total. The minimum Gasteiger partial charge on any atom is -0.335 e. The largest absolute Gasteiger partial charge is 0.335 e. The molecule has 0 aliphatic carbocycles. The van der Waals surface area contributed by atoms with Crippen molar-refractivity contribution >= 4 is 23.4 Å². The predicted octanol–water partition coefficient (Wildman–Crippen LogP) is -0.368. The molecule has 3 heterocycles. The molecule has 23 heavy (non-hydrogen) atoms. The van der Waals surface area contributed by atoms with Gasteiger partial charge in [0.2, 0.25) is 5.91 Å². The average Bonchev–Trinajstić information content (AvgIpc) is 2.62. The molecule has 3 amide bonds. The molecular formula is C15H17N5O3. The first-order valence-corrected chi connectivity index (χ1v) is 7.49. The van der Waals surface area contributed by atoms with Crippen molar-refractivity contribution in [2.45, 2.75) is 12.8 Å². The third kappa shape index (κ3) is 3.36. The van der Waals surface area contributed by atoms with Crippen LogP contribution in [0.2, 0.25) is 0 Å². The van der Waals surface area contributed by atoms with Gasteiger partial charge in [-0.25, -0.2) is 5.43 Å². The van der Waals surface area contributed by atoms with Crippen LogP contribution in [0.4, 0.5) is 0 Å². The van der Waals surface area contributed by atoms with Crippen LogP contribution in [0.25, 0.3) is 0 Å². The molecule has 0 saturated carbocycles. The van der Waals surface area contributed by atoms with Gasteiger partial charge < -0.3 is 9.80 Å². The fourth-order valence-electron chi connectivity index (χ4n) is 2.60. The third-order valence-corrected chi connectivity index (χ3v) is 3.91. The molecule has 1 aromatic heterocycles. The van der Waals surface area contributed by atoms with E-state index in [0.29, 0.717) is 43.9 Å². The van der Waals surface area contributed by atoms with Gasteiger partial charge >= 0.3 is 0 Å². The van der Waals surface area contributed by atoms with Gasteiger partial charge in [0.1, 0.15) is 5.71 Å². The van der Waals surface area contributed by atoms with E-state index in [-0.39, 0.29) is 24.1 Å². The van der Waals surface area contributed by atoms with E-state index in [1.807, 2.05) is 0 Å². The summed E-state index contributed by atoms with van der Waals surface area (Å²) in [6.45, 7) is 1.85. The van der Waals surface area contributed by atoms with Crippen LogP contribution in [0.5, 0.6) is 0 Å². The van der Waals surface area contributed by atoms with Gasteiger partial charge in [-0.3, -0.25) is 19.4 Å². The molecule has 1 saturated heterocycles. The first-order chi connectivity index (χ1) is 11.1. The molecule has 3 rings (SSSR count). The highest BCUT2D eigenvalue weighted by Gasteiger charge is 2.28. The minimum atomic E-state index is -0.173. The summed E-state index contributed by atoms with van der Waals surface area (Å²) in [5.41, 5.74) is 3.25. The normalized spacial score (nSPS) is 18.3. The van der Waals surface area contributed by atoms with E-state index < -0.39 is 0 Å². The standard InChI is InChI=1S/C15H17N5O3/c21-13-4-3-12(17-18-13)15(23)20-8-6-19(7-9-20)14(22)11-2-1-5-16-10-11/h1-2,5,10H,3-4,6-9H2,(H,18,21). The molecule has 1 fully saturated rings. The summed E-state index contributed by atoms with van der Waals surface area (Å²) in [7, 11) is 0. The fraction of sp³-hybridized carbons (Fsp3) is 0.400. The number of piperazine rings is 1. The number of hydrogen-bond acceptors (Lipinski definition) is 5. The maximum atomic E-state index is 12.3. The number of nitrogens with zero attached hydrogens (tertiary/aromatic N) is 4. The maximum absolute atomic E-state index is 12.3. The Morgan fingerprint density at radius 3 is 2.30 bits per heavy atom. The Hall–Kier alpha value is -2.77. The Bertz CT molecular complexity index is 650. The zero-order valence-corrected chi connectivity index (χ0v) is 12.6. The number of nitrogens with one attached hydrogen (secondary N) is 1. The number of rotatable bonds is 2. The number of carbonyl (C=O) groups is 3. The highest BCUT2D eigenvalue weighted by atomic mass is 16.2. The van der Waals surface area contributed by atoms with Crippen LogP contribution in [0.15, 0.2) is 29.6 Å². The quantitative estimate of drug-likeness (QED) is 0.805. The summed E-state index contributed by atoms with van der Waals surface area (Å²) in [6.07, 6.45) is 3.81. The Labute approximate surface area is 133 Å². The second-order valence-electron chi connectivity index (χ2n) is 5.42. The molecule has 0 atom stereocenters. The summed E-state index contributed by atoms with van der Waals surface area (Å²) < 4.78 is 0. The highest BCUT2D eigenvalue weighted by molar-refractivity contribution is 6.39. The Balaban J connectivity index is 1.57. The van der Waals surface area contributed by atoms with Crippen molar-refractivity contribution in [2.75, 3.05) is 26.2 Å². The molecule has 8 heteroatoms. The summed E-state index contributed by atoms with van der Waals surface area (Å²) in [4.78, 5) is 43.1. The van der Waals surface area contributed by atoms with Crippen LogP contribution >= 0.6 is 0 Å². The second kappa shape index (κ2) is 6.55. The van der Waals surface area contributed by atoms with Gasteiger partial charge in [-0.15, -0.1) is 0 Å². The SMILES string of the molecule is O=C1CCC(C(=O)N2CCN(C(=O)c3cccnc3)CC2)=NN1. The van der Waals surface area contributed by atoms with E-state index in [2.05, 4.69) is 15.5 Å². The average molecular weight is 315 g/mol. The van der Waals surface area contributed by atoms with E-state index >= 15 is 0 Å². The van der Waals surface area contributed by atoms with E-state index in [0.717, 1.165) is 0 Å². The fourth-order valence-corrected chi connectivity index (χ4v) is 2.60. The summed E-state index contributed by atoms with van der Waals surface area (Å²) in [5, 5.41) is 3.82. The predicted molar refractivity (Wildman–Crippen MR) is 81.5 cm³/mol. The lowest BCUT2D eigenvalue weighted by molar-refractivity contribution is -0.126. The number of pyridine rings is 1. The third-order valence-electron chi connectivity index (χ3n) is 3.91. The molecular weight excluding hydrogens is 298 g/mol. The lowest BCUT2D eigenvalue weighted by Gasteiger charge is -2.35. The van der Waals surface area contributed by atoms with Gasteiger partial charge in [0, 0.05) is 51.4 Å². The Kier molecular flexibility index (Phi) is 4.31. The molecule has 0 unspecified atom stereocenters. The first kappa shape index (κ1) is 15.1. The van der Waals surface area contributed by atoms with Crippen molar-refractivity contribution in [3.05, 3.63) is 30.1 Å². The number of amides is 3.